The quantitative estimate of drug-likeness (QED) is 0.808. The number of aromatic nitrogens is 3. The van der Waals surface area contributed by atoms with Crippen molar-refractivity contribution >= 4 is 23.2 Å². The summed E-state index contributed by atoms with van der Waals surface area (Å²) in [7, 11) is 1.75. The van der Waals surface area contributed by atoms with Gasteiger partial charge in [0.05, 0.1) is 12.5 Å². The fourth-order valence-electron chi connectivity index (χ4n) is 1.25. The van der Waals surface area contributed by atoms with Crippen LogP contribution in [0.3, 0.4) is 0 Å². The van der Waals surface area contributed by atoms with E-state index in [0.29, 0.717) is 16.5 Å². The molecule has 2 aromatic rings. The second-order valence-electron chi connectivity index (χ2n) is 3.21. The van der Waals surface area contributed by atoms with Crippen molar-refractivity contribution in [1.82, 2.24) is 14.5 Å². The van der Waals surface area contributed by atoms with Crippen LogP contribution in [0.5, 0.6) is 0 Å². The smallest absolute Gasteiger partial charge is 0.273 e. The Kier molecular flexibility index (Phi) is 2.87. The van der Waals surface area contributed by atoms with E-state index < -0.39 is 0 Å². The molecule has 0 saturated carbocycles. The van der Waals surface area contributed by atoms with Crippen LogP contribution in [0.1, 0.15) is 10.5 Å². The molecule has 0 bridgehead atoms. The Labute approximate surface area is 97.1 Å². The molecule has 0 unspecified atom stereocenters. The molecule has 2 rings (SSSR count). The van der Waals surface area contributed by atoms with Gasteiger partial charge in [-0.25, -0.2) is 9.97 Å². The fourth-order valence-corrected chi connectivity index (χ4v) is 1.43. The predicted molar refractivity (Wildman–Crippen MR) is 60.4 cm³/mol. The molecule has 0 aliphatic heterocycles. The Balaban J connectivity index is 2.17. The molecule has 0 saturated heterocycles. The molecule has 16 heavy (non-hydrogen) atoms. The van der Waals surface area contributed by atoms with Crippen LogP contribution in [0, 0.1) is 0 Å². The number of carbonyl (C=O) groups is 1. The number of nitrogens with zero attached hydrogens (tertiary/aromatic N) is 3. The molecule has 0 fully saturated rings. The Hall–Kier alpha value is -1.88. The molecule has 0 aliphatic rings. The van der Waals surface area contributed by atoms with Crippen LogP contribution in [0.25, 0.3) is 0 Å². The molecule has 0 atom stereocenters. The monoisotopic (exact) mass is 236 g/mol. The minimum Gasteiger partial charge on any atom is -0.330 e. The van der Waals surface area contributed by atoms with Gasteiger partial charge in [-0.1, -0.05) is 11.6 Å². The number of amides is 1. The number of halogens is 1. The number of pyridine rings is 1. The Bertz CT molecular complexity index is 523. The van der Waals surface area contributed by atoms with Gasteiger partial charge in [-0.2, -0.15) is 0 Å². The SMILES string of the molecule is Cn1cncc1C(=O)Nc1ccnc(Cl)c1. The first-order valence-corrected chi connectivity index (χ1v) is 4.94. The second-order valence-corrected chi connectivity index (χ2v) is 3.60. The number of hydrogen-bond acceptors (Lipinski definition) is 3. The number of aryl methyl sites for hydroxylation is 1. The van der Waals surface area contributed by atoms with Gasteiger partial charge < -0.3 is 9.88 Å². The molecule has 0 radical (unpaired) electrons. The zero-order valence-electron chi connectivity index (χ0n) is 8.51. The largest absolute Gasteiger partial charge is 0.330 e. The average molecular weight is 237 g/mol. The number of nitrogens with one attached hydrogen (secondary N) is 1. The standard InChI is InChI=1S/C10H9ClN4O/c1-15-6-12-5-8(15)10(16)14-7-2-3-13-9(11)4-7/h2-6H,1H3,(H,13,14,16). The maximum atomic E-state index is 11.8. The Morgan fingerprint density at radius 3 is 3.00 bits per heavy atom. The molecule has 5 nitrogen and oxygen atoms in total. The molecule has 6 heteroatoms. The van der Waals surface area contributed by atoms with Crippen molar-refractivity contribution in [2.24, 2.45) is 7.05 Å². The van der Waals surface area contributed by atoms with Crippen molar-refractivity contribution in [3.05, 3.63) is 41.7 Å². The van der Waals surface area contributed by atoms with Crippen molar-refractivity contribution in [3.8, 4) is 0 Å². The number of anilines is 1. The van der Waals surface area contributed by atoms with Gasteiger partial charge in [-0.05, 0) is 12.1 Å². The Morgan fingerprint density at radius 2 is 2.38 bits per heavy atom. The van der Waals surface area contributed by atoms with E-state index in [1.165, 1.54) is 12.4 Å². The van der Waals surface area contributed by atoms with E-state index in [1.54, 1.807) is 30.1 Å². The number of hydrogen-bond donors (Lipinski definition) is 1. The van der Waals surface area contributed by atoms with Crippen LogP contribution >= 0.6 is 11.6 Å². The lowest BCUT2D eigenvalue weighted by Gasteiger charge is -2.05. The molecular weight excluding hydrogens is 228 g/mol. The van der Waals surface area contributed by atoms with Crippen LogP contribution in [-0.2, 0) is 7.05 Å². The normalized spacial score (nSPS) is 10.1. The second kappa shape index (κ2) is 4.32. The third kappa shape index (κ3) is 2.20. The molecule has 1 amide bonds. The first kappa shape index (κ1) is 10.6. The predicted octanol–water partition coefficient (Wildman–Crippen LogP) is 1.72. The molecular formula is C10H9ClN4O. The third-order valence-corrected chi connectivity index (χ3v) is 2.24. The highest BCUT2D eigenvalue weighted by atomic mass is 35.5. The van der Waals surface area contributed by atoms with Gasteiger partial charge in [0.15, 0.2) is 0 Å². The lowest BCUT2D eigenvalue weighted by molar-refractivity contribution is 0.101. The van der Waals surface area contributed by atoms with Crippen LogP contribution in [0.2, 0.25) is 5.15 Å². The van der Waals surface area contributed by atoms with Gasteiger partial charge in [0.1, 0.15) is 10.8 Å². The van der Waals surface area contributed by atoms with Crippen LogP contribution in [0.4, 0.5) is 5.69 Å². The maximum absolute atomic E-state index is 11.8. The first-order valence-electron chi connectivity index (χ1n) is 4.56. The molecule has 0 aromatic carbocycles. The summed E-state index contributed by atoms with van der Waals surface area (Å²) in [5.74, 6) is -0.234. The van der Waals surface area contributed by atoms with E-state index in [-0.39, 0.29) is 5.91 Å². The van der Waals surface area contributed by atoms with Crippen molar-refractivity contribution < 1.29 is 4.79 Å². The molecule has 1 N–H and O–H groups in total. The summed E-state index contributed by atoms with van der Waals surface area (Å²) < 4.78 is 1.64. The van der Waals surface area contributed by atoms with Gasteiger partial charge in [0.2, 0.25) is 0 Å². The third-order valence-electron chi connectivity index (χ3n) is 2.03. The molecule has 0 spiro atoms. The average Bonchev–Trinajstić information content (AvgIpc) is 2.64. The minimum atomic E-state index is -0.234. The highest BCUT2D eigenvalue weighted by Crippen LogP contribution is 2.12. The van der Waals surface area contributed by atoms with E-state index in [1.807, 2.05) is 0 Å². The summed E-state index contributed by atoms with van der Waals surface area (Å²) in [5, 5.41) is 3.04. The lowest BCUT2D eigenvalue weighted by atomic mass is 10.3. The number of rotatable bonds is 2. The summed E-state index contributed by atoms with van der Waals surface area (Å²) in [6.45, 7) is 0. The fraction of sp³-hybridized carbons (Fsp3) is 0.100. The summed E-state index contributed by atoms with van der Waals surface area (Å²) in [6.07, 6.45) is 4.59. The first-order chi connectivity index (χ1) is 7.66. The van der Waals surface area contributed by atoms with Gasteiger partial charge in [0.25, 0.3) is 5.91 Å². The van der Waals surface area contributed by atoms with Gasteiger partial charge in [-0.15, -0.1) is 0 Å². The van der Waals surface area contributed by atoms with Crippen LogP contribution in [-0.4, -0.2) is 20.4 Å². The summed E-state index contributed by atoms with van der Waals surface area (Å²) in [5.41, 5.74) is 1.08. The van der Waals surface area contributed by atoms with E-state index in [9.17, 15) is 4.79 Å². The molecule has 2 heterocycles. The number of carbonyl (C=O) groups excluding carboxylic acids is 1. The van der Waals surface area contributed by atoms with E-state index in [2.05, 4.69) is 15.3 Å². The van der Waals surface area contributed by atoms with Gasteiger partial charge >= 0.3 is 0 Å². The zero-order valence-corrected chi connectivity index (χ0v) is 9.27. The van der Waals surface area contributed by atoms with Gasteiger partial charge in [0, 0.05) is 18.9 Å². The highest BCUT2D eigenvalue weighted by molar-refractivity contribution is 6.29. The van der Waals surface area contributed by atoms with Crippen molar-refractivity contribution in [2.45, 2.75) is 0 Å². The van der Waals surface area contributed by atoms with Crippen LogP contribution < -0.4 is 5.32 Å². The molecule has 2 aromatic heterocycles. The van der Waals surface area contributed by atoms with E-state index in [0.717, 1.165) is 0 Å². The van der Waals surface area contributed by atoms with Crippen molar-refractivity contribution in [1.29, 1.82) is 0 Å². The zero-order chi connectivity index (χ0) is 11.5. The summed E-state index contributed by atoms with van der Waals surface area (Å²) >= 11 is 5.70. The lowest BCUT2D eigenvalue weighted by Crippen LogP contribution is -2.15. The number of imidazole rings is 1. The Morgan fingerprint density at radius 1 is 1.56 bits per heavy atom. The van der Waals surface area contributed by atoms with Crippen LogP contribution in [0.15, 0.2) is 30.9 Å². The van der Waals surface area contributed by atoms with Crippen molar-refractivity contribution in [2.75, 3.05) is 5.32 Å². The summed E-state index contributed by atoms with van der Waals surface area (Å²) in [4.78, 5) is 19.5. The maximum Gasteiger partial charge on any atom is 0.273 e. The van der Waals surface area contributed by atoms with Gasteiger partial charge in [-0.3, -0.25) is 4.79 Å². The topological polar surface area (TPSA) is 59.8 Å². The molecule has 0 aliphatic carbocycles. The van der Waals surface area contributed by atoms with E-state index in [4.69, 9.17) is 11.6 Å². The van der Waals surface area contributed by atoms with Crippen molar-refractivity contribution in [3.63, 3.8) is 0 Å². The van der Waals surface area contributed by atoms with E-state index >= 15 is 0 Å². The minimum absolute atomic E-state index is 0.234. The summed E-state index contributed by atoms with van der Waals surface area (Å²) in [6, 6.07) is 3.25. The highest BCUT2D eigenvalue weighted by Gasteiger charge is 2.09. The molecule has 82 valence electrons.